The van der Waals surface area contributed by atoms with E-state index in [2.05, 4.69) is 5.10 Å². The summed E-state index contributed by atoms with van der Waals surface area (Å²) >= 11 is 5.91. The van der Waals surface area contributed by atoms with E-state index in [4.69, 9.17) is 11.6 Å². The number of hydrogen-bond acceptors (Lipinski definition) is 4. The van der Waals surface area contributed by atoms with Crippen LogP contribution in [0.4, 0.5) is 22.0 Å². The molecule has 0 aliphatic heterocycles. The summed E-state index contributed by atoms with van der Waals surface area (Å²) in [5.74, 6) is -5.17. The number of carbonyl (C=O) groups excluding carboxylic acids is 2. The van der Waals surface area contributed by atoms with E-state index >= 15 is 0 Å². The Morgan fingerprint density at radius 1 is 0.971 bits per heavy atom. The second-order valence-corrected chi connectivity index (χ2v) is 7.25. The van der Waals surface area contributed by atoms with Gasteiger partial charge in [-0.1, -0.05) is 29.8 Å². The molecule has 0 atom stereocenters. The minimum Gasteiger partial charge on any atom is -0.545 e. The molecule has 5 nitrogen and oxygen atoms in total. The van der Waals surface area contributed by atoms with Gasteiger partial charge in [-0.25, -0.2) is 8.78 Å². The van der Waals surface area contributed by atoms with Crippen molar-refractivity contribution >= 4 is 34.4 Å². The number of benzene rings is 3. The largest absolute Gasteiger partial charge is 1.00 e. The molecule has 0 fully saturated rings. The van der Waals surface area contributed by atoms with E-state index in [0.29, 0.717) is 10.7 Å². The van der Waals surface area contributed by atoms with E-state index in [1.807, 2.05) is 0 Å². The zero-order valence-corrected chi connectivity index (χ0v) is 19.8. The molecule has 0 aliphatic carbocycles. The third kappa shape index (κ3) is 4.46. The Morgan fingerprint density at radius 3 is 2.26 bits per heavy atom. The van der Waals surface area contributed by atoms with Crippen molar-refractivity contribution in [2.75, 3.05) is 0 Å². The molecule has 0 saturated heterocycles. The number of carboxylic acids is 1. The van der Waals surface area contributed by atoms with Crippen molar-refractivity contribution in [1.82, 2.24) is 9.78 Å². The Hall–Kier alpha value is -2.79. The summed E-state index contributed by atoms with van der Waals surface area (Å²) in [6.07, 6.45) is -4.92. The summed E-state index contributed by atoms with van der Waals surface area (Å²) in [6, 6.07) is 8.96. The van der Waals surface area contributed by atoms with Crippen LogP contribution in [0.15, 0.2) is 54.6 Å². The third-order valence-corrected chi connectivity index (χ3v) is 5.16. The smallest absolute Gasteiger partial charge is 0.545 e. The van der Waals surface area contributed by atoms with Crippen LogP contribution in [0.3, 0.4) is 0 Å². The number of alkyl halides is 3. The van der Waals surface area contributed by atoms with Gasteiger partial charge in [-0.05, 0) is 36.4 Å². The predicted molar refractivity (Wildman–Crippen MR) is 106 cm³/mol. The Bertz CT molecular complexity index is 1450. The van der Waals surface area contributed by atoms with Crippen LogP contribution in [0, 0.1) is 11.6 Å². The van der Waals surface area contributed by atoms with Gasteiger partial charge in [-0.2, -0.15) is 23.0 Å². The van der Waals surface area contributed by atoms with E-state index in [-0.39, 0.29) is 51.7 Å². The van der Waals surface area contributed by atoms with Gasteiger partial charge in [0.2, 0.25) is 0 Å². The molecule has 0 radical (unpaired) electrons. The van der Waals surface area contributed by atoms with Gasteiger partial charge in [0, 0.05) is 11.1 Å². The molecule has 1 aromatic heterocycles. The zero-order chi connectivity index (χ0) is 24.1. The van der Waals surface area contributed by atoms with Crippen molar-refractivity contribution in [2.45, 2.75) is 6.18 Å². The van der Waals surface area contributed by atoms with Gasteiger partial charge < -0.3 is 9.90 Å². The quantitative estimate of drug-likeness (QED) is 0.316. The molecule has 0 unspecified atom stereocenters. The van der Waals surface area contributed by atoms with Crippen LogP contribution >= 0.6 is 11.6 Å². The SMILES string of the molecule is O=C([O-])c1ccc(-c2nn(C(=O)c3c(Cl)cccc3C(F)(F)F)c3cccc(F)c23)cc1F.[Na+]. The summed E-state index contributed by atoms with van der Waals surface area (Å²) in [7, 11) is 0. The van der Waals surface area contributed by atoms with E-state index < -0.39 is 51.4 Å². The van der Waals surface area contributed by atoms with Gasteiger partial charge in [0.25, 0.3) is 5.91 Å². The number of aromatic nitrogens is 2. The van der Waals surface area contributed by atoms with E-state index in [1.54, 1.807) is 0 Å². The van der Waals surface area contributed by atoms with Crippen LogP contribution in [0.2, 0.25) is 5.02 Å². The second-order valence-electron chi connectivity index (χ2n) is 6.84. The molecule has 168 valence electrons. The molecule has 0 bridgehead atoms. The van der Waals surface area contributed by atoms with Crippen molar-refractivity contribution in [2.24, 2.45) is 0 Å². The van der Waals surface area contributed by atoms with Crippen molar-refractivity contribution in [3.8, 4) is 11.3 Å². The maximum Gasteiger partial charge on any atom is 1.00 e. The molecule has 4 aromatic rings. The number of fused-ring (bicyclic) bond motifs is 1. The fraction of sp³-hybridized carbons (Fsp3) is 0.0455. The first-order valence-electron chi connectivity index (χ1n) is 9.09. The van der Waals surface area contributed by atoms with Gasteiger partial charge in [0.05, 0.1) is 33.0 Å². The topological polar surface area (TPSA) is 75.0 Å². The van der Waals surface area contributed by atoms with Crippen molar-refractivity contribution < 1.29 is 66.2 Å². The molecule has 3 aromatic carbocycles. The molecule has 0 saturated carbocycles. The summed E-state index contributed by atoms with van der Waals surface area (Å²) < 4.78 is 69.9. The maximum absolute atomic E-state index is 14.7. The summed E-state index contributed by atoms with van der Waals surface area (Å²) in [5, 5.41) is 14.1. The van der Waals surface area contributed by atoms with Crippen molar-refractivity contribution in [3.05, 3.63) is 87.9 Å². The number of rotatable bonds is 3. The molecule has 0 amide bonds. The second kappa shape index (κ2) is 9.46. The fourth-order valence-electron chi connectivity index (χ4n) is 3.40. The number of carboxylic acid groups (broad SMARTS) is 1. The molecule has 0 N–H and O–H groups in total. The Morgan fingerprint density at radius 2 is 1.65 bits per heavy atom. The van der Waals surface area contributed by atoms with E-state index in [1.165, 1.54) is 12.1 Å². The molecular weight excluding hydrogens is 494 g/mol. The zero-order valence-electron chi connectivity index (χ0n) is 17.1. The van der Waals surface area contributed by atoms with Crippen LogP contribution < -0.4 is 34.7 Å². The third-order valence-electron chi connectivity index (χ3n) is 4.84. The average Bonchev–Trinajstić information content (AvgIpc) is 3.13. The van der Waals surface area contributed by atoms with Gasteiger partial charge in [-0.15, -0.1) is 0 Å². The van der Waals surface area contributed by atoms with Crippen LogP contribution in [0.25, 0.3) is 22.2 Å². The summed E-state index contributed by atoms with van der Waals surface area (Å²) in [6.45, 7) is 0. The van der Waals surface area contributed by atoms with E-state index in [9.17, 15) is 36.6 Å². The molecular formula is C22H9ClF5N2NaO3. The number of halogens is 6. The number of carbonyl (C=O) groups is 2. The summed E-state index contributed by atoms with van der Waals surface area (Å²) in [5.41, 5.74) is -3.58. The standard InChI is InChI=1S/C22H10ClF5N2O3.Na/c23-13-4-1-3-12(22(26,27)28)17(13)20(31)30-16-6-2-5-14(24)18(16)19(29-30)10-7-8-11(21(32)33)15(25)9-10;/h1-9H,(H,32,33);/q;+1/p-1. The minimum atomic E-state index is -4.92. The first-order valence-corrected chi connectivity index (χ1v) is 9.47. The van der Waals surface area contributed by atoms with Crippen LogP contribution in [-0.4, -0.2) is 21.7 Å². The molecule has 4 rings (SSSR count). The van der Waals surface area contributed by atoms with Gasteiger partial charge in [0.15, 0.2) is 0 Å². The van der Waals surface area contributed by atoms with Crippen LogP contribution in [0.1, 0.15) is 26.3 Å². The molecule has 0 aliphatic rings. The summed E-state index contributed by atoms with van der Waals surface area (Å²) in [4.78, 5) is 24.1. The maximum atomic E-state index is 14.7. The van der Waals surface area contributed by atoms with Crippen molar-refractivity contribution in [1.29, 1.82) is 0 Å². The average molecular weight is 503 g/mol. The Balaban J connectivity index is 0.00000324. The fourth-order valence-corrected chi connectivity index (χ4v) is 3.65. The number of hydrogen-bond donors (Lipinski definition) is 0. The monoisotopic (exact) mass is 502 g/mol. The van der Waals surface area contributed by atoms with Crippen LogP contribution in [-0.2, 0) is 6.18 Å². The van der Waals surface area contributed by atoms with E-state index in [0.717, 1.165) is 36.4 Å². The van der Waals surface area contributed by atoms with Gasteiger partial charge in [0.1, 0.15) is 17.3 Å². The van der Waals surface area contributed by atoms with Gasteiger partial charge >= 0.3 is 35.7 Å². The Kier molecular flexibility index (Phi) is 7.18. The van der Waals surface area contributed by atoms with Crippen molar-refractivity contribution in [3.63, 3.8) is 0 Å². The number of nitrogens with zero attached hydrogens (tertiary/aromatic N) is 2. The molecule has 0 spiro atoms. The predicted octanol–water partition coefficient (Wildman–Crippen LogP) is 1.71. The first kappa shape index (κ1) is 25.8. The van der Waals surface area contributed by atoms with Crippen LogP contribution in [0.5, 0.6) is 0 Å². The number of aromatic carboxylic acids is 1. The minimum absolute atomic E-state index is 0. The first-order chi connectivity index (χ1) is 15.5. The van der Waals surface area contributed by atoms with Gasteiger partial charge in [-0.3, -0.25) is 4.79 Å². The Labute approximate surface area is 215 Å². The molecule has 12 heteroatoms. The molecule has 1 heterocycles. The molecule has 34 heavy (non-hydrogen) atoms. The normalized spacial score (nSPS) is 11.4.